The molecule has 1 fully saturated rings. The zero-order valence-electron chi connectivity index (χ0n) is 17.2. The fourth-order valence-corrected chi connectivity index (χ4v) is 3.86. The number of rotatable bonds is 12. The standard InChI is InChI=1S/C20H34N4O3S/c1-3-4-5-6-7-8-19(26)24(10-9-23-11-13-27-14-12-23)15-18(25)22-20-21-17(2)16-28-20/h16H,3-15H2,1-2H3,(H,21,22,25). The van der Waals surface area contributed by atoms with Crippen LogP contribution < -0.4 is 5.32 Å². The molecule has 0 saturated carbocycles. The monoisotopic (exact) mass is 410 g/mol. The number of carbonyl (C=O) groups is 2. The van der Waals surface area contributed by atoms with Gasteiger partial charge in [0.05, 0.1) is 25.5 Å². The molecular formula is C20H34N4O3S. The molecule has 1 aromatic rings. The van der Waals surface area contributed by atoms with Crippen LogP contribution in [0.5, 0.6) is 0 Å². The first-order valence-corrected chi connectivity index (χ1v) is 11.3. The van der Waals surface area contributed by atoms with Gasteiger partial charge in [0, 0.05) is 38.0 Å². The number of nitrogens with one attached hydrogen (secondary N) is 1. The number of unbranched alkanes of at least 4 members (excludes halogenated alkanes) is 4. The minimum Gasteiger partial charge on any atom is -0.379 e. The Morgan fingerprint density at radius 2 is 2.00 bits per heavy atom. The Morgan fingerprint density at radius 1 is 1.25 bits per heavy atom. The van der Waals surface area contributed by atoms with E-state index in [2.05, 4.69) is 22.1 Å². The summed E-state index contributed by atoms with van der Waals surface area (Å²) in [6.45, 7) is 8.71. The van der Waals surface area contributed by atoms with E-state index < -0.39 is 0 Å². The number of amides is 2. The third-order valence-electron chi connectivity index (χ3n) is 4.84. The summed E-state index contributed by atoms with van der Waals surface area (Å²) in [6, 6.07) is 0. The van der Waals surface area contributed by atoms with Crippen LogP contribution in [0.15, 0.2) is 5.38 Å². The summed E-state index contributed by atoms with van der Waals surface area (Å²) in [7, 11) is 0. The molecule has 0 aliphatic carbocycles. The summed E-state index contributed by atoms with van der Waals surface area (Å²) >= 11 is 1.40. The van der Waals surface area contributed by atoms with Gasteiger partial charge in [0.2, 0.25) is 11.8 Å². The van der Waals surface area contributed by atoms with E-state index in [9.17, 15) is 9.59 Å². The number of carbonyl (C=O) groups excluding carboxylic acids is 2. The number of anilines is 1. The van der Waals surface area contributed by atoms with Crippen molar-refractivity contribution in [3.05, 3.63) is 11.1 Å². The van der Waals surface area contributed by atoms with E-state index in [1.807, 2.05) is 12.3 Å². The number of morpholine rings is 1. The van der Waals surface area contributed by atoms with Crippen LogP contribution in [0.1, 0.15) is 51.1 Å². The molecule has 2 rings (SSSR count). The van der Waals surface area contributed by atoms with E-state index in [0.717, 1.165) is 51.4 Å². The molecular weight excluding hydrogens is 376 g/mol. The van der Waals surface area contributed by atoms with Crippen molar-refractivity contribution in [1.82, 2.24) is 14.8 Å². The maximum absolute atomic E-state index is 12.7. The van der Waals surface area contributed by atoms with Crippen molar-refractivity contribution in [2.24, 2.45) is 0 Å². The third kappa shape index (κ3) is 8.67. The number of aromatic nitrogens is 1. The highest BCUT2D eigenvalue weighted by Crippen LogP contribution is 2.14. The first-order valence-electron chi connectivity index (χ1n) is 10.4. The van der Waals surface area contributed by atoms with Crippen molar-refractivity contribution in [2.75, 3.05) is 51.3 Å². The van der Waals surface area contributed by atoms with Crippen LogP contribution >= 0.6 is 11.3 Å². The van der Waals surface area contributed by atoms with Crippen molar-refractivity contribution in [2.45, 2.75) is 52.4 Å². The number of thiazole rings is 1. The van der Waals surface area contributed by atoms with E-state index >= 15 is 0 Å². The van der Waals surface area contributed by atoms with E-state index in [1.165, 1.54) is 30.6 Å². The van der Waals surface area contributed by atoms with Crippen molar-refractivity contribution in [3.63, 3.8) is 0 Å². The summed E-state index contributed by atoms with van der Waals surface area (Å²) in [5, 5.41) is 5.29. The minimum absolute atomic E-state index is 0.0650. The number of nitrogens with zero attached hydrogens (tertiary/aromatic N) is 3. The smallest absolute Gasteiger partial charge is 0.245 e. The molecule has 1 aromatic heterocycles. The molecule has 1 aliphatic rings. The van der Waals surface area contributed by atoms with Gasteiger partial charge in [-0.25, -0.2) is 4.98 Å². The average molecular weight is 411 g/mol. The van der Waals surface area contributed by atoms with Gasteiger partial charge in [-0.1, -0.05) is 32.6 Å². The number of ether oxygens (including phenoxy) is 1. The lowest BCUT2D eigenvalue weighted by Crippen LogP contribution is -2.45. The molecule has 158 valence electrons. The maximum Gasteiger partial charge on any atom is 0.245 e. The maximum atomic E-state index is 12.7. The molecule has 1 N–H and O–H groups in total. The van der Waals surface area contributed by atoms with E-state index in [0.29, 0.717) is 18.1 Å². The minimum atomic E-state index is -0.185. The highest BCUT2D eigenvalue weighted by molar-refractivity contribution is 7.13. The number of hydrogen-bond donors (Lipinski definition) is 1. The van der Waals surface area contributed by atoms with Crippen LogP contribution in [0.2, 0.25) is 0 Å². The summed E-state index contributed by atoms with van der Waals surface area (Å²) in [6.07, 6.45) is 6.04. The normalized spacial score (nSPS) is 14.8. The molecule has 28 heavy (non-hydrogen) atoms. The van der Waals surface area contributed by atoms with Gasteiger partial charge in [-0.3, -0.25) is 14.5 Å². The van der Waals surface area contributed by atoms with Gasteiger partial charge in [0.25, 0.3) is 0 Å². The van der Waals surface area contributed by atoms with Crippen LogP contribution in [0.25, 0.3) is 0 Å². The molecule has 1 aliphatic heterocycles. The highest BCUT2D eigenvalue weighted by atomic mass is 32.1. The summed E-state index contributed by atoms with van der Waals surface area (Å²) in [4.78, 5) is 33.4. The molecule has 0 radical (unpaired) electrons. The molecule has 1 saturated heterocycles. The van der Waals surface area contributed by atoms with Gasteiger partial charge in [0.15, 0.2) is 5.13 Å². The van der Waals surface area contributed by atoms with Gasteiger partial charge >= 0.3 is 0 Å². The van der Waals surface area contributed by atoms with Crippen molar-refractivity contribution >= 4 is 28.3 Å². The first-order chi connectivity index (χ1) is 13.6. The Bertz CT molecular complexity index is 602. The van der Waals surface area contributed by atoms with Crippen molar-refractivity contribution in [1.29, 1.82) is 0 Å². The zero-order chi connectivity index (χ0) is 20.2. The number of hydrogen-bond acceptors (Lipinski definition) is 6. The van der Waals surface area contributed by atoms with Crippen LogP contribution in [0, 0.1) is 6.92 Å². The molecule has 0 unspecified atom stereocenters. The van der Waals surface area contributed by atoms with Crippen LogP contribution in [0.3, 0.4) is 0 Å². The van der Waals surface area contributed by atoms with E-state index in [-0.39, 0.29) is 18.4 Å². The predicted octanol–water partition coefficient (Wildman–Crippen LogP) is 2.91. The molecule has 0 atom stereocenters. The second-order valence-electron chi connectivity index (χ2n) is 7.28. The van der Waals surface area contributed by atoms with Crippen molar-refractivity contribution in [3.8, 4) is 0 Å². The SMILES string of the molecule is CCCCCCCC(=O)N(CCN1CCOCC1)CC(=O)Nc1nc(C)cs1. The van der Waals surface area contributed by atoms with Gasteiger partial charge in [-0.2, -0.15) is 0 Å². The van der Waals surface area contributed by atoms with Gasteiger partial charge in [-0.05, 0) is 13.3 Å². The Balaban J connectivity index is 1.84. The molecule has 2 amide bonds. The Morgan fingerprint density at radius 3 is 2.68 bits per heavy atom. The third-order valence-corrected chi connectivity index (χ3v) is 5.71. The highest BCUT2D eigenvalue weighted by Gasteiger charge is 2.19. The largest absolute Gasteiger partial charge is 0.379 e. The molecule has 0 aromatic carbocycles. The second-order valence-corrected chi connectivity index (χ2v) is 8.13. The summed E-state index contributed by atoms with van der Waals surface area (Å²) in [5.74, 6) is -0.120. The van der Waals surface area contributed by atoms with Crippen LogP contribution in [0.4, 0.5) is 5.13 Å². The van der Waals surface area contributed by atoms with Gasteiger partial charge in [0.1, 0.15) is 0 Å². The average Bonchev–Trinajstić information content (AvgIpc) is 3.10. The molecule has 2 heterocycles. The summed E-state index contributed by atoms with van der Waals surface area (Å²) in [5.41, 5.74) is 0.882. The van der Waals surface area contributed by atoms with E-state index in [4.69, 9.17) is 4.74 Å². The molecule has 0 spiro atoms. The Hall–Kier alpha value is -1.51. The van der Waals surface area contributed by atoms with E-state index in [1.54, 1.807) is 4.90 Å². The van der Waals surface area contributed by atoms with Crippen molar-refractivity contribution < 1.29 is 14.3 Å². The van der Waals surface area contributed by atoms with Crippen LogP contribution in [-0.2, 0) is 14.3 Å². The quantitative estimate of drug-likeness (QED) is 0.536. The lowest BCUT2D eigenvalue weighted by molar-refractivity contribution is -0.135. The topological polar surface area (TPSA) is 74.8 Å². The second kappa shape index (κ2) is 12.9. The lowest BCUT2D eigenvalue weighted by atomic mass is 10.1. The first kappa shape index (κ1) is 22.8. The zero-order valence-corrected chi connectivity index (χ0v) is 18.1. The molecule has 7 nitrogen and oxygen atoms in total. The number of aryl methyl sites for hydroxylation is 1. The van der Waals surface area contributed by atoms with Gasteiger partial charge in [-0.15, -0.1) is 11.3 Å². The fraction of sp³-hybridized carbons (Fsp3) is 0.750. The van der Waals surface area contributed by atoms with Gasteiger partial charge < -0.3 is 15.0 Å². The fourth-order valence-electron chi connectivity index (χ4n) is 3.16. The predicted molar refractivity (Wildman–Crippen MR) is 113 cm³/mol. The van der Waals surface area contributed by atoms with Crippen LogP contribution in [-0.4, -0.2) is 72.5 Å². The Labute approximate surface area is 172 Å². The molecule has 8 heteroatoms. The lowest BCUT2D eigenvalue weighted by Gasteiger charge is -2.30. The Kier molecular flexibility index (Phi) is 10.5. The summed E-state index contributed by atoms with van der Waals surface area (Å²) < 4.78 is 5.38. The molecule has 0 bridgehead atoms.